The molecule has 0 aliphatic carbocycles. The standard InChI is InChI=1S/C19H14ClF3N6O2S/c1-24-16(30)15-25-9-26-18(29-15)32-12-5-2-10(3-6-12)27-17(31)28-11-4-7-14(20)13(8-11)19(21,22)23/h2-9H,1H3,(H,24,30)(H2,27,28,31). The number of urea groups is 1. The molecule has 0 unspecified atom stereocenters. The van der Waals surface area contributed by atoms with Gasteiger partial charge in [0.25, 0.3) is 5.91 Å². The lowest BCUT2D eigenvalue weighted by atomic mass is 10.2. The Labute approximate surface area is 189 Å². The maximum atomic E-state index is 12.9. The Kier molecular flexibility index (Phi) is 7.15. The largest absolute Gasteiger partial charge is 0.417 e. The van der Waals surface area contributed by atoms with Crippen molar-refractivity contribution in [3.63, 3.8) is 0 Å². The molecule has 0 fully saturated rings. The molecule has 0 atom stereocenters. The summed E-state index contributed by atoms with van der Waals surface area (Å²) >= 11 is 6.74. The summed E-state index contributed by atoms with van der Waals surface area (Å²) in [5, 5.41) is 7.11. The van der Waals surface area contributed by atoms with Crippen molar-refractivity contribution in [3.8, 4) is 0 Å². The lowest BCUT2D eigenvalue weighted by molar-refractivity contribution is -0.137. The molecule has 0 saturated carbocycles. The van der Waals surface area contributed by atoms with Crippen LogP contribution in [0.4, 0.5) is 29.3 Å². The number of amides is 3. The minimum Gasteiger partial charge on any atom is -0.352 e. The van der Waals surface area contributed by atoms with E-state index in [4.69, 9.17) is 11.6 Å². The number of hydrogen-bond acceptors (Lipinski definition) is 6. The molecule has 3 N–H and O–H groups in total. The number of halogens is 4. The molecular weight excluding hydrogens is 469 g/mol. The Morgan fingerprint density at radius 2 is 1.66 bits per heavy atom. The summed E-state index contributed by atoms with van der Waals surface area (Å²) in [5.74, 6) is -0.460. The second-order valence-corrected chi connectivity index (χ2v) is 7.52. The molecule has 166 valence electrons. The first-order valence-corrected chi connectivity index (χ1v) is 9.99. The van der Waals surface area contributed by atoms with Crippen molar-refractivity contribution >= 4 is 46.7 Å². The zero-order valence-corrected chi connectivity index (χ0v) is 17.8. The van der Waals surface area contributed by atoms with Gasteiger partial charge in [-0.2, -0.15) is 18.2 Å². The molecule has 32 heavy (non-hydrogen) atoms. The smallest absolute Gasteiger partial charge is 0.352 e. The molecule has 0 saturated heterocycles. The van der Waals surface area contributed by atoms with E-state index in [2.05, 4.69) is 30.9 Å². The zero-order chi connectivity index (χ0) is 23.3. The van der Waals surface area contributed by atoms with E-state index in [1.54, 1.807) is 24.3 Å². The predicted molar refractivity (Wildman–Crippen MR) is 113 cm³/mol. The highest BCUT2D eigenvalue weighted by Crippen LogP contribution is 2.36. The van der Waals surface area contributed by atoms with Crippen LogP contribution in [-0.4, -0.2) is 33.9 Å². The highest BCUT2D eigenvalue weighted by Gasteiger charge is 2.33. The molecule has 0 radical (unpaired) electrons. The third-order valence-corrected chi connectivity index (χ3v) is 5.05. The third-order valence-electron chi connectivity index (χ3n) is 3.83. The van der Waals surface area contributed by atoms with Gasteiger partial charge in [-0.25, -0.2) is 14.8 Å². The van der Waals surface area contributed by atoms with Gasteiger partial charge in [-0.3, -0.25) is 4.79 Å². The first kappa shape index (κ1) is 23.3. The van der Waals surface area contributed by atoms with E-state index in [-0.39, 0.29) is 11.5 Å². The van der Waals surface area contributed by atoms with E-state index in [1.165, 1.54) is 31.2 Å². The quantitative estimate of drug-likeness (QED) is 0.486. The Morgan fingerprint density at radius 3 is 2.31 bits per heavy atom. The van der Waals surface area contributed by atoms with E-state index in [1.807, 2.05) is 0 Å². The number of nitrogens with zero attached hydrogens (tertiary/aromatic N) is 3. The number of nitrogens with one attached hydrogen (secondary N) is 3. The first-order chi connectivity index (χ1) is 15.2. The van der Waals surface area contributed by atoms with E-state index < -0.39 is 28.7 Å². The second kappa shape index (κ2) is 9.83. The molecule has 0 spiro atoms. The lowest BCUT2D eigenvalue weighted by Crippen LogP contribution is -2.21. The van der Waals surface area contributed by atoms with Gasteiger partial charge in [-0.05, 0) is 54.2 Å². The number of hydrogen-bond donors (Lipinski definition) is 3. The van der Waals surface area contributed by atoms with Crippen LogP contribution in [0.15, 0.2) is 58.8 Å². The average molecular weight is 483 g/mol. The van der Waals surface area contributed by atoms with E-state index >= 15 is 0 Å². The molecule has 1 heterocycles. The monoisotopic (exact) mass is 482 g/mol. The predicted octanol–water partition coefficient (Wildman–Crippen LogP) is 4.70. The SMILES string of the molecule is CNC(=O)c1ncnc(Sc2ccc(NC(=O)Nc3ccc(Cl)c(C(F)(F)F)c3)cc2)n1. The maximum Gasteiger partial charge on any atom is 0.417 e. The molecule has 3 amide bonds. The van der Waals surface area contributed by atoms with Crippen molar-refractivity contribution in [2.24, 2.45) is 0 Å². The number of benzene rings is 2. The summed E-state index contributed by atoms with van der Waals surface area (Å²) in [6.07, 6.45) is -3.42. The molecule has 3 aromatic rings. The van der Waals surface area contributed by atoms with E-state index in [0.29, 0.717) is 10.8 Å². The number of anilines is 2. The van der Waals surface area contributed by atoms with Crippen LogP contribution < -0.4 is 16.0 Å². The molecule has 8 nitrogen and oxygen atoms in total. The summed E-state index contributed by atoms with van der Waals surface area (Å²) in [7, 11) is 1.46. The Morgan fingerprint density at radius 1 is 1.00 bits per heavy atom. The van der Waals surface area contributed by atoms with Gasteiger partial charge in [-0.1, -0.05) is 11.6 Å². The van der Waals surface area contributed by atoms with Crippen LogP contribution in [0.2, 0.25) is 5.02 Å². The fraction of sp³-hybridized carbons (Fsp3) is 0.105. The van der Waals surface area contributed by atoms with E-state index in [0.717, 1.165) is 17.0 Å². The minimum absolute atomic E-state index is 0.0177. The number of alkyl halides is 3. The van der Waals surface area contributed by atoms with Gasteiger partial charge in [0.1, 0.15) is 6.33 Å². The number of carbonyl (C=O) groups is 2. The van der Waals surface area contributed by atoms with Crippen molar-refractivity contribution in [2.75, 3.05) is 17.7 Å². The summed E-state index contributed by atoms with van der Waals surface area (Å²) in [6, 6.07) is 8.87. The van der Waals surface area contributed by atoms with Gasteiger partial charge in [0.2, 0.25) is 5.82 Å². The molecule has 13 heteroatoms. The third kappa shape index (κ3) is 6.08. The zero-order valence-electron chi connectivity index (χ0n) is 16.2. The Bertz CT molecular complexity index is 1140. The number of rotatable bonds is 5. The van der Waals surface area contributed by atoms with Crippen molar-refractivity contribution in [1.29, 1.82) is 0 Å². The van der Waals surface area contributed by atoms with Crippen LogP contribution in [0.3, 0.4) is 0 Å². The summed E-state index contributed by atoms with van der Waals surface area (Å²) in [4.78, 5) is 36.3. The first-order valence-electron chi connectivity index (χ1n) is 8.79. The van der Waals surface area contributed by atoms with E-state index in [9.17, 15) is 22.8 Å². The van der Waals surface area contributed by atoms with Crippen LogP contribution in [0, 0.1) is 0 Å². The van der Waals surface area contributed by atoms with Crippen molar-refractivity contribution < 1.29 is 22.8 Å². The average Bonchev–Trinajstić information content (AvgIpc) is 2.75. The Hall–Kier alpha value is -3.38. The topological polar surface area (TPSA) is 109 Å². The second-order valence-electron chi connectivity index (χ2n) is 6.07. The van der Waals surface area contributed by atoms with Gasteiger partial charge in [-0.15, -0.1) is 0 Å². The summed E-state index contributed by atoms with van der Waals surface area (Å²) in [6.45, 7) is 0. The van der Waals surface area contributed by atoms with Crippen molar-refractivity contribution in [1.82, 2.24) is 20.3 Å². The normalized spacial score (nSPS) is 11.0. The highest BCUT2D eigenvalue weighted by atomic mass is 35.5. The van der Waals surface area contributed by atoms with Gasteiger partial charge in [0.15, 0.2) is 5.16 Å². The molecule has 2 aromatic carbocycles. The summed E-state index contributed by atoms with van der Waals surface area (Å²) < 4.78 is 38.8. The van der Waals surface area contributed by atoms with Crippen LogP contribution in [0.25, 0.3) is 0 Å². The fourth-order valence-electron chi connectivity index (χ4n) is 2.38. The van der Waals surface area contributed by atoms with Gasteiger partial charge in [0, 0.05) is 23.3 Å². The Balaban J connectivity index is 1.62. The summed E-state index contributed by atoms with van der Waals surface area (Å²) in [5.41, 5.74) is -0.706. The fourth-order valence-corrected chi connectivity index (χ4v) is 3.32. The van der Waals surface area contributed by atoms with Crippen LogP contribution in [-0.2, 0) is 6.18 Å². The molecule has 0 aliphatic rings. The van der Waals surface area contributed by atoms with Crippen molar-refractivity contribution in [3.05, 3.63) is 65.2 Å². The molecule has 0 bridgehead atoms. The minimum atomic E-state index is -4.64. The van der Waals surface area contributed by atoms with Crippen LogP contribution in [0.5, 0.6) is 0 Å². The van der Waals surface area contributed by atoms with Gasteiger partial charge in [0.05, 0.1) is 10.6 Å². The molecular formula is C19H14ClF3N6O2S. The van der Waals surface area contributed by atoms with Gasteiger partial charge >= 0.3 is 12.2 Å². The molecule has 3 rings (SSSR count). The van der Waals surface area contributed by atoms with Crippen LogP contribution >= 0.6 is 23.4 Å². The molecule has 1 aromatic heterocycles. The molecule has 0 aliphatic heterocycles. The highest BCUT2D eigenvalue weighted by molar-refractivity contribution is 7.99. The van der Waals surface area contributed by atoms with Crippen molar-refractivity contribution in [2.45, 2.75) is 16.2 Å². The van der Waals surface area contributed by atoms with Gasteiger partial charge < -0.3 is 16.0 Å². The maximum absolute atomic E-state index is 12.9. The van der Waals surface area contributed by atoms with Crippen LogP contribution in [0.1, 0.15) is 16.2 Å². The number of aromatic nitrogens is 3. The lowest BCUT2D eigenvalue weighted by Gasteiger charge is -2.12. The number of carbonyl (C=O) groups excluding carboxylic acids is 2.